The number of rotatable bonds is 6. The van der Waals surface area contributed by atoms with Crippen LogP contribution in [0.5, 0.6) is 0 Å². The van der Waals surface area contributed by atoms with Crippen molar-refractivity contribution in [2.75, 3.05) is 26.2 Å². The van der Waals surface area contributed by atoms with Gasteiger partial charge in [0.2, 0.25) is 0 Å². The number of piperidine rings is 1. The topological polar surface area (TPSA) is 72.8 Å². The predicted molar refractivity (Wildman–Crippen MR) is 105 cm³/mol. The molecule has 0 radical (unpaired) electrons. The minimum absolute atomic E-state index is 0.436. The lowest BCUT2D eigenvalue weighted by molar-refractivity contribution is 0.0573. The lowest BCUT2D eigenvalue weighted by Gasteiger charge is -2.33. The molecule has 0 bridgehead atoms. The van der Waals surface area contributed by atoms with Gasteiger partial charge < -0.3 is 15.7 Å². The zero-order valence-corrected chi connectivity index (χ0v) is 16.0. The van der Waals surface area contributed by atoms with Gasteiger partial charge in [-0.25, -0.2) is 0 Å². The number of pyridine rings is 1. The maximum atomic E-state index is 10.5. The van der Waals surface area contributed by atoms with E-state index in [1.54, 1.807) is 0 Å². The molecule has 0 amide bonds. The van der Waals surface area contributed by atoms with Crippen LogP contribution < -0.4 is 10.6 Å². The molecule has 3 rings (SSSR count). The standard InChI is InChI=1S/C20H33N5O/c1-2-21-19(23-16-20(26)10-4-5-11-20)24-17-8-13-25(14-9-17)15-18-7-3-6-12-22-18/h3,6-7,12,17,26H,2,4-5,8-11,13-16H2,1H3,(H2,21,23,24). The summed E-state index contributed by atoms with van der Waals surface area (Å²) in [4.78, 5) is 11.6. The van der Waals surface area contributed by atoms with Crippen molar-refractivity contribution in [1.82, 2.24) is 20.5 Å². The van der Waals surface area contributed by atoms with Crippen molar-refractivity contribution >= 4 is 5.96 Å². The van der Waals surface area contributed by atoms with Crippen LogP contribution >= 0.6 is 0 Å². The minimum atomic E-state index is -0.589. The Hall–Kier alpha value is -1.66. The Morgan fingerprint density at radius 3 is 2.73 bits per heavy atom. The number of aliphatic imine (C=N–C) groups is 1. The summed E-state index contributed by atoms with van der Waals surface area (Å²) < 4.78 is 0. The molecule has 26 heavy (non-hydrogen) atoms. The van der Waals surface area contributed by atoms with Crippen LogP contribution in [0.4, 0.5) is 0 Å². The van der Waals surface area contributed by atoms with Crippen molar-refractivity contribution in [3.05, 3.63) is 30.1 Å². The van der Waals surface area contributed by atoms with Crippen molar-refractivity contribution in [1.29, 1.82) is 0 Å². The van der Waals surface area contributed by atoms with E-state index in [2.05, 4.69) is 38.5 Å². The normalized spacial score (nSPS) is 21.7. The molecule has 2 fully saturated rings. The number of nitrogens with one attached hydrogen (secondary N) is 2. The molecule has 2 heterocycles. The van der Waals surface area contributed by atoms with Gasteiger partial charge in [-0.05, 0) is 44.7 Å². The highest BCUT2D eigenvalue weighted by molar-refractivity contribution is 5.80. The molecule has 2 aliphatic rings. The largest absolute Gasteiger partial charge is 0.388 e. The summed E-state index contributed by atoms with van der Waals surface area (Å²) in [7, 11) is 0. The van der Waals surface area contributed by atoms with E-state index < -0.39 is 5.60 Å². The molecule has 6 heteroatoms. The first-order chi connectivity index (χ1) is 12.7. The number of aromatic nitrogens is 1. The fourth-order valence-corrected chi connectivity index (χ4v) is 3.89. The molecule has 6 nitrogen and oxygen atoms in total. The van der Waals surface area contributed by atoms with Crippen molar-refractivity contribution in [3.63, 3.8) is 0 Å². The summed E-state index contributed by atoms with van der Waals surface area (Å²) >= 11 is 0. The molecular weight excluding hydrogens is 326 g/mol. The Balaban J connectivity index is 1.46. The van der Waals surface area contributed by atoms with Gasteiger partial charge in [0.15, 0.2) is 5.96 Å². The second-order valence-corrected chi connectivity index (χ2v) is 7.64. The van der Waals surface area contributed by atoms with Gasteiger partial charge in [0.25, 0.3) is 0 Å². The van der Waals surface area contributed by atoms with E-state index in [1.807, 2.05) is 18.3 Å². The Bertz CT molecular complexity index is 563. The number of hydrogen-bond acceptors (Lipinski definition) is 4. The quantitative estimate of drug-likeness (QED) is 0.534. The van der Waals surface area contributed by atoms with Crippen LogP contribution in [0.15, 0.2) is 29.4 Å². The first-order valence-corrected chi connectivity index (χ1v) is 10.1. The van der Waals surface area contributed by atoms with Crippen LogP contribution in [0.1, 0.15) is 51.1 Å². The molecule has 3 N–H and O–H groups in total. The summed E-state index contributed by atoms with van der Waals surface area (Å²) in [6.07, 6.45) is 8.04. The van der Waals surface area contributed by atoms with Crippen LogP contribution in [-0.4, -0.2) is 58.8 Å². The third-order valence-corrected chi connectivity index (χ3v) is 5.45. The number of nitrogens with zero attached hydrogens (tertiary/aromatic N) is 3. The van der Waals surface area contributed by atoms with E-state index >= 15 is 0 Å². The fourth-order valence-electron chi connectivity index (χ4n) is 3.89. The summed E-state index contributed by atoms with van der Waals surface area (Å²) in [6, 6.07) is 6.54. The fraction of sp³-hybridized carbons (Fsp3) is 0.700. The molecule has 144 valence electrons. The highest BCUT2D eigenvalue weighted by Crippen LogP contribution is 2.29. The smallest absolute Gasteiger partial charge is 0.191 e. The molecular formula is C20H33N5O. The maximum absolute atomic E-state index is 10.5. The van der Waals surface area contributed by atoms with E-state index in [9.17, 15) is 5.11 Å². The SMILES string of the molecule is CCNC(=NCC1(O)CCCC1)NC1CCN(Cc2ccccn2)CC1. The van der Waals surface area contributed by atoms with Gasteiger partial charge in [0.1, 0.15) is 0 Å². The number of likely N-dealkylation sites (tertiary alicyclic amines) is 1. The van der Waals surface area contributed by atoms with Gasteiger partial charge >= 0.3 is 0 Å². The van der Waals surface area contributed by atoms with Crippen LogP contribution in [0.2, 0.25) is 0 Å². The lowest BCUT2D eigenvalue weighted by Crippen LogP contribution is -2.49. The van der Waals surface area contributed by atoms with Crippen molar-refractivity contribution in [2.45, 2.75) is 63.6 Å². The minimum Gasteiger partial charge on any atom is -0.388 e. The van der Waals surface area contributed by atoms with Crippen LogP contribution in [-0.2, 0) is 6.54 Å². The lowest BCUT2D eigenvalue weighted by atomic mass is 10.0. The Morgan fingerprint density at radius 1 is 1.31 bits per heavy atom. The summed E-state index contributed by atoms with van der Waals surface area (Å²) in [5.74, 6) is 0.844. The molecule has 1 aliphatic heterocycles. The van der Waals surface area contributed by atoms with Gasteiger partial charge in [-0.15, -0.1) is 0 Å². The van der Waals surface area contributed by atoms with Crippen molar-refractivity contribution in [2.24, 2.45) is 4.99 Å². The van der Waals surface area contributed by atoms with E-state index in [-0.39, 0.29) is 0 Å². The summed E-state index contributed by atoms with van der Waals surface area (Å²) in [5, 5.41) is 17.4. The van der Waals surface area contributed by atoms with Crippen molar-refractivity contribution < 1.29 is 5.11 Å². The first-order valence-electron chi connectivity index (χ1n) is 10.1. The van der Waals surface area contributed by atoms with Gasteiger partial charge in [-0.2, -0.15) is 0 Å². The van der Waals surface area contributed by atoms with Gasteiger partial charge in [0.05, 0.1) is 17.8 Å². The summed E-state index contributed by atoms with van der Waals surface area (Å²) in [6.45, 7) is 6.48. The van der Waals surface area contributed by atoms with Gasteiger partial charge in [-0.1, -0.05) is 18.9 Å². The molecule has 1 saturated carbocycles. The van der Waals surface area contributed by atoms with E-state index in [0.717, 1.165) is 76.4 Å². The average Bonchev–Trinajstić information content (AvgIpc) is 3.09. The third kappa shape index (κ3) is 5.68. The predicted octanol–water partition coefficient (Wildman–Crippen LogP) is 1.91. The maximum Gasteiger partial charge on any atom is 0.191 e. The van der Waals surface area contributed by atoms with Crippen LogP contribution in [0, 0.1) is 0 Å². The molecule has 0 unspecified atom stereocenters. The van der Waals surface area contributed by atoms with Crippen molar-refractivity contribution in [3.8, 4) is 0 Å². The number of aliphatic hydroxyl groups is 1. The van der Waals surface area contributed by atoms with E-state index in [1.165, 1.54) is 0 Å². The molecule has 1 aromatic heterocycles. The molecule has 1 saturated heterocycles. The van der Waals surface area contributed by atoms with Crippen LogP contribution in [0.3, 0.4) is 0 Å². The number of hydrogen-bond donors (Lipinski definition) is 3. The highest BCUT2D eigenvalue weighted by Gasteiger charge is 2.31. The van der Waals surface area contributed by atoms with E-state index in [4.69, 9.17) is 0 Å². The average molecular weight is 360 g/mol. The highest BCUT2D eigenvalue weighted by atomic mass is 16.3. The Labute approximate surface area is 157 Å². The second-order valence-electron chi connectivity index (χ2n) is 7.64. The number of guanidine groups is 1. The van der Waals surface area contributed by atoms with Gasteiger partial charge in [-0.3, -0.25) is 14.9 Å². The molecule has 1 aliphatic carbocycles. The molecule has 0 aromatic carbocycles. The Kier molecular flexibility index (Phi) is 6.86. The Morgan fingerprint density at radius 2 is 2.08 bits per heavy atom. The first kappa shape index (κ1) is 19.1. The van der Waals surface area contributed by atoms with Gasteiger partial charge in [0, 0.05) is 38.4 Å². The van der Waals surface area contributed by atoms with E-state index in [0.29, 0.717) is 12.6 Å². The van der Waals surface area contributed by atoms with Crippen LogP contribution in [0.25, 0.3) is 0 Å². The third-order valence-electron chi connectivity index (χ3n) is 5.45. The monoisotopic (exact) mass is 359 g/mol. The zero-order valence-electron chi connectivity index (χ0n) is 16.0. The molecule has 0 atom stereocenters. The molecule has 0 spiro atoms. The summed E-state index contributed by atoms with van der Waals surface area (Å²) in [5.41, 5.74) is 0.549. The molecule has 1 aromatic rings. The zero-order chi connectivity index (χ0) is 18.2. The second kappa shape index (κ2) is 9.33.